The molecule has 0 bridgehead atoms. The molecule has 0 unspecified atom stereocenters. The van der Waals surface area contributed by atoms with Crippen LogP contribution in [0.5, 0.6) is 11.5 Å². The second kappa shape index (κ2) is 9.04. The molecule has 134 valence electrons. The monoisotopic (exact) mass is 336 g/mol. The van der Waals surface area contributed by atoms with Crippen molar-refractivity contribution in [1.82, 2.24) is 0 Å². The van der Waals surface area contributed by atoms with Crippen molar-refractivity contribution in [3.05, 3.63) is 23.8 Å². The largest absolute Gasteiger partial charge is 0.493 e. The van der Waals surface area contributed by atoms with Crippen LogP contribution in [0.15, 0.2) is 18.2 Å². The molecule has 1 aromatic carbocycles. The van der Waals surface area contributed by atoms with Crippen LogP contribution in [-0.4, -0.2) is 43.3 Å². The molecule has 1 atom stereocenters. The van der Waals surface area contributed by atoms with E-state index in [1.165, 1.54) is 32.6 Å². The first kappa shape index (κ1) is 18.7. The van der Waals surface area contributed by atoms with E-state index in [1.807, 2.05) is 0 Å². The summed E-state index contributed by atoms with van der Waals surface area (Å²) in [5, 5.41) is 12.4. The molecule has 0 saturated heterocycles. The van der Waals surface area contributed by atoms with Gasteiger partial charge in [-0.3, -0.25) is 4.79 Å². The summed E-state index contributed by atoms with van der Waals surface area (Å²) in [6.45, 7) is 4.69. The smallest absolute Gasteiger partial charge is 0.161 e. The third kappa shape index (κ3) is 5.49. The van der Waals surface area contributed by atoms with E-state index in [-0.39, 0.29) is 12.4 Å². The molecule has 2 rings (SSSR count). The third-order valence-corrected chi connectivity index (χ3v) is 4.80. The molecule has 3 N–H and O–H groups in total. The zero-order valence-electron chi connectivity index (χ0n) is 15.0. The molecule has 0 radical (unpaired) electrons. The van der Waals surface area contributed by atoms with Gasteiger partial charge in [0, 0.05) is 5.56 Å². The Kier molecular flexibility index (Phi) is 7.06. The number of ether oxygens (including phenoxy) is 2. The lowest BCUT2D eigenvalue weighted by molar-refractivity contribution is -0.697. The highest BCUT2D eigenvalue weighted by atomic mass is 16.5. The Morgan fingerprint density at radius 2 is 2.00 bits per heavy atom. The first-order chi connectivity index (χ1) is 11.5. The van der Waals surface area contributed by atoms with Gasteiger partial charge in [-0.25, -0.2) is 0 Å². The molecule has 1 fully saturated rings. The van der Waals surface area contributed by atoms with Crippen LogP contribution in [0, 0.1) is 5.92 Å². The fourth-order valence-corrected chi connectivity index (χ4v) is 3.13. The van der Waals surface area contributed by atoms with Crippen molar-refractivity contribution < 1.29 is 24.7 Å². The molecule has 0 aromatic heterocycles. The van der Waals surface area contributed by atoms with Gasteiger partial charge in [0.1, 0.15) is 19.3 Å². The normalized spacial score (nSPS) is 22.0. The van der Waals surface area contributed by atoms with E-state index >= 15 is 0 Å². The van der Waals surface area contributed by atoms with Crippen LogP contribution in [0.2, 0.25) is 0 Å². The molecule has 1 aromatic rings. The maximum atomic E-state index is 11.4. The summed E-state index contributed by atoms with van der Waals surface area (Å²) in [7, 11) is 1.54. The van der Waals surface area contributed by atoms with Gasteiger partial charge in [0.25, 0.3) is 0 Å². The van der Waals surface area contributed by atoms with Crippen LogP contribution >= 0.6 is 0 Å². The summed E-state index contributed by atoms with van der Waals surface area (Å²) in [4.78, 5) is 11.4. The number of carbonyl (C=O) groups excluding carboxylic acids is 1. The average molecular weight is 336 g/mol. The number of aliphatic hydroxyl groups is 1. The van der Waals surface area contributed by atoms with Gasteiger partial charge in [0.05, 0.1) is 13.2 Å². The van der Waals surface area contributed by atoms with Crippen molar-refractivity contribution in [3.8, 4) is 11.5 Å². The summed E-state index contributed by atoms with van der Waals surface area (Å²) in [6.07, 6.45) is 4.51. The summed E-state index contributed by atoms with van der Waals surface area (Å²) in [5.74, 6) is 1.89. The van der Waals surface area contributed by atoms with Gasteiger partial charge in [0.15, 0.2) is 17.3 Å². The molecule has 0 amide bonds. The van der Waals surface area contributed by atoms with Crippen molar-refractivity contribution in [2.45, 2.75) is 51.7 Å². The molecular formula is C19H30NO4+. The van der Waals surface area contributed by atoms with Crippen molar-refractivity contribution in [2.75, 3.05) is 20.3 Å². The Morgan fingerprint density at radius 3 is 2.62 bits per heavy atom. The first-order valence-electron chi connectivity index (χ1n) is 8.82. The predicted octanol–water partition coefficient (Wildman–Crippen LogP) is 1.78. The predicted molar refractivity (Wildman–Crippen MR) is 92.7 cm³/mol. The second-order valence-electron chi connectivity index (χ2n) is 6.88. The fraction of sp³-hybridized carbons (Fsp3) is 0.632. The Bertz CT molecular complexity index is 538. The molecule has 1 aliphatic rings. The molecule has 0 heterocycles. The number of nitrogens with two attached hydrogens (primary N) is 1. The van der Waals surface area contributed by atoms with Crippen molar-refractivity contribution in [2.24, 2.45) is 5.92 Å². The minimum Gasteiger partial charge on any atom is -0.493 e. The van der Waals surface area contributed by atoms with Gasteiger partial charge in [-0.15, -0.1) is 0 Å². The molecule has 5 nitrogen and oxygen atoms in total. The average Bonchev–Trinajstić information content (AvgIpc) is 2.59. The molecule has 5 heteroatoms. The highest BCUT2D eigenvalue weighted by Gasteiger charge is 2.21. The second-order valence-corrected chi connectivity index (χ2v) is 6.88. The van der Waals surface area contributed by atoms with E-state index in [0.29, 0.717) is 29.6 Å². The summed E-state index contributed by atoms with van der Waals surface area (Å²) in [6, 6.07) is 5.72. The summed E-state index contributed by atoms with van der Waals surface area (Å²) < 4.78 is 10.9. The summed E-state index contributed by atoms with van der Waals surface area (Å²) in [5.41, 5.74) is 0.583. The van der Waals surface area contributed by atoms with E-state index in [4.69, 9.17) is 9.47 Å². The number of rotatable bonds is 8. The lowest BCUT2D eigenvalue weighted by Gasteiger charge is -2.25. The van der Waals surface area contributed by atoms with Crippen LogP contribution in [-0.2, 0) is 0 Å². The number of aliphatic hydroxyl groups excluding tert-OH is 1. The van der Waals surface area contributed by atoms with E-state index < -0.39 is 6.10 Å². The number of ketones is 1. The number of carbonyl (C=O) groups is 1. The zero-order valence-corrected chi connectivity index (χ0v) is 15.0. The van der Waals surface area contributed by atoms with Crippen molar-refractivity contribution >= 4 is 5.78 Å². The van der Waals surface area contributed by atoms with E-state index in [0.717, 1.165) is 5.92 Å². The van der Waals surface area contributed by atoms with Gasteiger partial charge < -0.3 is 19.9 Å². The number of hydrogen-bond donors (Lipinski definition) is 2. The van der Waals surface area contributed by atoms with E-state index in [2.05, 4.69) is 12.2 Å². The maximum absolute atomic E-state index is 11.4. The zero-order chi connectivity index (χ0) is 17.5. The van der Waals surface area contributed by atoms with Crippen LogP contribution in [0.3, 0.4) is 0 Å². The van der Waals surface area contributed by atoms with E-state index in [9.17, 15) is 9.90 Å². The number of quaternary nitrogens is 1. The number of methoxy groups -OCH3 is 1. The van der Waals surface area contributed by atoms with Crippen LogP contribution in [0.25, 0.3) is 0 Å². The molecule has 1 saturated carbocycles. The summed E-state index contributed by atoms with van der Waals surface area (Å²) >= 11 is 0. The Balaban J connectivity index is 1.78. The van der Waals surface area contributed by atoms with Gasteiger partial charge in [-0.1, -0.05) is 6.92 Å². The number of hydrogen-bond acceptors (Lipinski definition) is 4. The van der Waals surface area contributed by atoms with Gasteiger partial charge in [-0.05, 0) is 56.7 Å². The van der Waals surface area contributed by atoms with E-state index in [1.54, 1.807) is 25.3 Å². The molecule has 0 aliphatic heterocycles. The highest BCUT2D eigenvalue weighted by Crippen LogP contribution is 2.28. The minimum absolute atomic E-state index is 0.0173. The quantitative estimate of drug-likeness (QED) is 0.710. The van der Waals surface area contributed by atoms with Crippen LogP contribution in [0.4, 0.5) is 0 Å². The third-order valence-electron chi connectivity index (χ3n) is 4.80. The molecular weight excluding hydrogens is 306 g/mol. The van der Waals surface area contributed by atoms with Gasteiger partial charge >= 0.3 is 0 Å². The molecule has 0 spiro atoms. The molecule has 24 heavy (non-hydrogen) atoms. The number of Topliss-reactive ketones (excluding diaryl/α,β-unsaturated/α-hetero) is 1. The Hall–Kier alpha value is -1.59. The lowest BCUT2D eigenvalue weighted by atomic mass is 9.87. The maximum Gasteiger partial charge on any atom is 0.161 e. The first-order valence-corrected chi connectivity index (χ1v) is 8.82. The topological polar surface area (TPSA) is 72.4 Å². The standard InChI is InChI=1S/C19H29NO4/c1-13-4-7-16(8-5-13)20-11-17(22)12-24-18-9-6-15(14(2)21)10-19(18)23-3/h6,9-10,13,16-17,20,22H,4-5,7-8,11-12H2,1-3H3/p+1/t13?,16?,17-/m0/s1. The Labute approximate surface area is 144 Å². The fourth-order valence-electron chi connectivity index (χ4n) is 3.13. The van der Waals surface area contributed by atoms with Gasteiger partial charge in [-0.2, -0.15) is 0 Å². The molecule has 1 aliphatic carbocycles. The van der Waals surface area contributed by atoms with Gasteiger partial charge in [0.2, 0.25) is 0 Å². The SMILES string of the molecule is COc1cc(C(C)=O)ccc1OC[C@@H](O)C[NH2+]C1CCC(C)CC1. The Morgan fingerprint density at radius 1 is 1.29 bits per heavy atom. The van der Waals surface area contributed by atoms with Crippen LogP contribution in [0.1, 0.15) is 49.9 Å². The minimum atomic E-state index is -0.526. The van der Waals surface area contributed by atoms with Crippen LogP contribution < -0.4 is 14.8 Å². The highest BCUT2D eigenvalue weighted by molar-refractivity contribution is 5.94. The van der Waals surface area contributed by atoms with Crippen molar-refractivity contribution in [1.29, 1.82) is 0 Å². The number of benzene rings is 1. The lowest BCUT2D eigenvalue weighted by Crippen LogP contribution is -2.92. The van der Waals surface area contributed by atoms with Crippen molar-refractivity contribution in [3.63, 3.8) is 0 Å².